The van der Waals surface area contributed by atoms with Gasteiger partial charge >= 0.3 is 11.9 Å². The summed E-state index contributed by atoms with van der Waals surface area (Å²) in [4.78, 5) is 30.6. The normalized spacial score (nSPS) is 23.1. The van der Waals surface area contributed by atoms with Gasteiger partial charge in [-0.25, -0.2) is 4.79 Å². The first-order valence-electron chi connectivity index (χ1n) is 10.0. The number of carbonyl (C=O) groups excluding carboxylic acids is 2. The Hall–Kier alpha value is -1.83. The van der Waals surface area contributed by atoms with Gasteiger partial charge in [-0.15, -0.1) is 0 Å². The lowest BCUT2D eigenvalue weighted by atomic mass is 9.75. The number of hydrogen-bond acceptors (Lipinski definition) is 7. The molecule has 0 N–H and O–H groups in total. The largest absolute Gasteiger partial charge is 0.465 e. The van der Waals surface area contributed by atoms with Crippen molar-refractivity contribution in [2.75, 3.05) is 31.3 Å². The molecule has 162 valence electrons. The number of rotatable bonds is 9. The fraction of sp³-hybridized carbons (Fsp3) is 0.500. The van der Waals surface area contributed by atoms with E-state index in [2.05, 4.69) is 4.99 Å². The molecule has 0 aromatic heterocycles. The number of halogens is 1. The Morgan fingerprint density at radius 3 is 2.63 bits per heavy atom. The Morgan fingerprint density at radius 2 is 2.00 bits per heavy atom. The second kappa shape index (κ2) is 10.5. The van der Waals surface area contributed by atoms with Gasteiger partial charge in [-0.2, -0.15) is 11.8 Å². The van der Waals surface area contributed by atoms with Crippen molar-refractivity contribution in [3.63, 3.8) is 0 Å². The van der Waals surface area contributed by atoms with Crippen LogP contribution in [0.2, 0.25) is 5.02 Å². The fourth-order valence-corrected chi connectivity index (χ4v) is 4.73. The summed E-state index contributed by atoms with van der Waals surface area (Å²) in [6.45, 7) is 6.56. The summed E-state index contributed by atoms with van der Waals surface area (Å²) in [5.41, 5.74) is 2.39. The molecular formula is C22H26ClNO5S. The van der Waals surface area contributed by atoms with Crippen LogP contribution in [0.3, 0.4) is 0 Å². The van der Waals surface area contributed by atoms with E-state index in [9.17, 15) is 9.59 Å². The lowest BCUT2D eigenvalue weighted by Gasteiger charge is -2.32. The van der Waals surface area contributed by atoms with E-state index < -0.39 is 23.8 Å². The topological polar surface area (TPSA) is 77.5 Å². The van der Waals surface area contributed by atoms with E-state index in [4.69, 9.17) is 25.8 Å². The van der Waals surface area contributed by atoms with Crippen molar-refractivity contribution in [2.45, 2.75) is 32.8 Å². The third-order valence-corrected chi connectivity index (χ3v) is 6.23. The van der Waals surface area contributed by atoms with Crippen LogP contribution in [0.25, 0.3) is 0 Å². The molecule has 1 saturated heterocycles. The van der Waals surface area contributed by atoms with Crippen molar-refractivity contribution in [1.29, 1.82) is 0 Å². The van der Waals surface area contributed by atoms with Crippen LogP contribution in [-0.2, 0) is 23.8 Å². The van der Waals surface area contributed by atoms with Gasteiger partial charge in [0.2, 0.25) is 0 Å². The summed E-state index contributed by atoms with van der Waals surface area (Å²) in [7, 11) is 0. The van der Waals surface area contributed by atoms with Gasteiger partial charge in [0.25, 0.3) is 0 Å². The molecule has 3 unspecified atom stereocenters. The first-order chi connectivity index (χ1) is 14.5. The molecule has 2 aliphatic rings. The third kappa shape index (κ3) is 5.45. The smallest absolute Gasteiger partial charge is 0.336 e. The molecule has 3 rings (SSSR count). The number of benzene rings is 1. The number of carbonyl (C=O) groups is 2. The van der Waals surface area contributed by atoms with Crippen LogP contribution < -0.4 is 0 Å². The minimum atomic E-state index is -0.719. The number of epoxide rings is 1. The van der Waals surface area contributed by atoms with Crippen LogP contribution in [0, 0.1) is 5.92 Å². The standard InChI is InChI=1S/C22H26ClNO5S/c1-4-27-21(25)18-13(3)24-17(12-30-11-16-10-29-16)20(22(26)28-5-2)19(18)14-7-6-8-15(23)9-14/h6-9,16,18-19H,4-5,10-12H2,1-3H3. The highest BCUT2D eigenvalue weighted by Gasteiger charge is 2.43. The summed E-state index contributed by atoms with van der Waals surface area (Å²) in [6.07, 6.45) is 0.270. The highest BCUT2D eigenvalue weighted by atomic mass is 35.5. The molecule has 0 aliphatic carbocycles. The summed E-state index contributed by atoms with van der Waals surface area (Å²) in [5.74, 6) is -0.819. The molecule has 1 aromatic rings. The van der Waals surface area contributed by atoms with Gasteiger partial charge in [-0.1, -0.05) is 23.7 Å². The van der Waals surface area contributed by atoms with Crippen LogP contribution in [0.1, 0.15) is 32.3 Å². The molecule has 3 atom stereocenters. The highest BCUT2D eigenvalue weighted by Crippen LogP contribution is 2.41. The minimum absolute atomic E-state index is 0.230. The predicted molar refractivity (Wildman–Crippen MR) is 118 cm³/mol. The lowest BCUT2D eigenvalue weighted by Crippen LogP contribution is -2.37. The van der Waals surface area contributed by atoms with Crippen molar-refractivity contribution in [2.24, 2.45) is 10.9 Å². The van der Waals surface area contributed by atoms with E-state index in [1.54, 1.807) is 44.7 Å². The molecule has 1 aromatic carbocycles. The van der Waals surface area contributed by atoms with Crippen LogP contribution in [0.15, 0.2) is 40.5 Å². The summed E-state index contributed by atoms with van der Waals surface area (Å²) in [5, 5.41) is 0.528. The Kier molecular flexibility index (Phi) is 7.97. The summed E-state index contributed by atoms with van der Waals surface area (Å²) in [6, 6.07) is 7.21. The number of nitrogens with zero attached hydrogens (tertiary/aromatic N) is 1. The second-order valence-electron chi connectivity index (χ2n) is 7.07. The van der Waals surface area contributed by atoms with Crippen LogP contribution in [0.4, 0.5) is 0 Å². The maximum Gasteiger partial charge on any atom is 0.336 e. The average Bonchev–Trinajstić information content (AvgIpc) is 3.52. The van der Waals surface area contributed by atoms with Crippen molar-refractivity contribution in [3.8, 4) is 0 Å². The summed E-state index contributed by atoms with van der Waals surface area (Å²) < 4.78 is 16.0. The van der Waals surface area contributed by atoms with Crippen LogP contribution in [0.5, 0.6) is 0 Å². The first kappa shape index (κ1) is 22.8. The molecule has 0 bridgehead atoms. The van der Waals surface area contributed by atoms with Gasteiger partial charge in [-0.05, 0) is 38.5 Å². The van der Waals surface area contributed by atoms with Crippen molar-refractivity contribution >= 4 is 41.0 Å². The Bertz CT molecular complexity index is 865. The number of aliphatic imine (C=N–C) groups is 1. The van der Waals surface area contributed by atoms with Gasteiger partial charge in [0.15, 0.2) is 0 Å². The number of thioether (sulfide) groups is 1. The molecular weight excluding hydrogens is 426 g/mol. The number of hydrogen-bond donors (Lipinski definition) is 0. The molecule has 8 heteroatoms. The highest BCUT2D eigenvalue weighted by molar-refractivity contribution is 7.99. The molecule has 0 radical (unpaired) electrons. The van der Waals surface area contributed by atoms with Gasteiger partial charge in [0.05, 0.1) is 37.2 Å². The van der Waals surface area contributed by atoms with E-state index in [0.717, 1.165) is 17.9 Å². The molecule has 0 amide bonds. The molecule has 30 heavy (non-hydrogen) atoms. The maximum absolute atomic E-state index is 13.1. The zero-order valence-corrected chi connectivity index (χ0v) is 18.9. The first-order valence-corrected chi connectivity index (χ1v) is 11.6. The quantitative estimate of drug-likeness (QED) is 0.416. The third-order valence-electron chi connectivity index (χ3n) is 4.91. The monoisotopic (exact) mass is 451 g/mol. The Labute approximate surface area is 186 Å². The van der Waals surface area contributed by atoms with Crippen molar-refractivity contribution in [1.82, 2.24) is 0 Å². The van der Waals surface area contributed by atoms with Crippen LogP contribution in [-0.4, -0.2) is 55.1 Å². The Balaban J connectivity index is 2.07. The molecule has 1 fully saturated rings. The van der Waals surface area contributed by atoms with Gasteiger partial charge in [0.1, 0.15) is 5.92 Å². The number of ether oxygens (including phenoxy) is 3. The van der Waals surface area contributed by atoms with E-state index in [1.807, 2.05) is 12.1 Å². The van der Waals surface area contributed by atoms with Gasteiger partial charge in [-0.3, -0.25) is 9.79 Å². The fourth-order valence-electron chi connectivity index (χ4n) is 3.54. The molecule has 0 saturated carbocycles. The zero-order valence-electron chi connectivity index (χ0n) is 17.4. The molecule has 0 spiro atoms. The van der Waals surface area contributed by atoms with Crippen LogP contribution >= 0.6 is 23.4 Å². The van der Waals surface area contributed by atoms with E-state index in [-0.39, 0.29) is 19.3 Å². The van der Waals surface area contributed by atoms with Crippen molar-refractivity contribution in [3.05, 3.63) is 46.1 Å². The van der Waals surface area contributed by atoms with Gasteiger partial charge < -0.3 is 14.2 Å². The van der Waals surface area contributed by atoms with Crippen molar-refractivity contribution < 1.29 is 23.8 Å². The second-order valence-corrected chi connectivity index (χ2v) is 8.53. The zero-order chi connectivity index (χ0) is 21.7. The van der Waals surface area contributed by atoms with Gasteiger partial charge in [0, 0.05) is 28.2 Å². The SMILES string of the molecule is CCOC(=O)C1=C(CSCC2CO2)N=C(C)C(C(=O)OCC)C1c1cccc(Cl)c1. The number of esters is 2. The molecule has 2 aliphatic heterocycles. The maximum atomic E-state index is 13.1. The van der Waals surface area contributed by atoms with E-state index >= 15 is 0 Å². The lowest BCUT2D eigenvalue weighted by molar-refractivity contribution is -0.146. The molecule has 6 nitrogen and oxygen atoms in total. The minimum Gasteiger partial charge on any atom is -0.465 e. The average molecular weight is 452 g/mol. The Morgan fingerprint density at radius 1 is 1.27 bits per heavy atom. The molecule has 2 heterocycles. The van der Waals surface area contributed by atoms with E-state index in [1.165, 1.54) is 0 Å². The predicted octanol–water partition coefficient (Wildman–Crippen LogP) is 4.03. The van der Waals surface area contributed by atoms with E-state index in [0.29, 0.717) is 27.8 Å². The summed E-state index contributed by atoms with van der Waals surface area (Å²) >= 11 is 7.89.